The zero-order valence-corrected chi connectivity index (χ0v) is 25.8. The van der Waals surface area contributed by atoms with Gasteiger partial charge in [-0.05, 0) is 35.1 Å². The van der Waals surface area contributed by atoms with Crippen LogP contribution in [0.2, 0.25) is 5.02 Å². The van der Waals surface area contributed by atoms with Gasteiger partial charge in [0.1, 0.15) is 0 Å². The fourth-order valence-corrected chi connectivity index (χ4v) is 6.82. The zero-order chi connectivity index (χ0) is 30.2. The normalized spacial score (nSPS) is 13.0. The fraction of sp³-hybridized carbons (Fsp3) is 0.200. The Morgan fingerprint density at radius 2 is 1.19 bits per heavy atom. The van der Waals surface area contributed by atoms with E-state index in [0.717, 1.165) is 0 Å². The van der Waals surface area contributed by atoms with Gasteiger partial charge in [-0.15, -0.1) is 0 Å². The predicted octanol–water partition coefficient (Wildman–Crippen LogP) is 8.10. The number of halogens is 6. The van der Waals surface area contributed by atoms with Gasteiger partial charge in [0.15, 0.2) is 28.2 Å². The third-order valence-corrected chi connectivity index (χ3v) is 9.07. The molecule has 0 aliphatic carbocycles. The molecule has 4 rings (SSSR count). The summed E-state index contributed by atoms with van der Waals surface area (Å²) in [6, 6.07) is 16.9. The molecule has 0 saturated heterocycles. The van der Waals surface area contributed by atoms with E-state index < -0.39 is 56.1 Å². The molecular weight excluding hydrogens is 684 g/mol. The summed E-state index contributed by atoms with van der Waals surface area (Å²) in [4.78, 5) is -2.01. The van der Waals surface area contributed by atoms with Crippen LogP contribution >= 0.6 is 11.6 Å². The molecule has 0 spiro atoms. The monoisotopic (exact) mass is 710 g/mol. The van der Waals surface area contributed by atoms with Crippen LogP contribution in [-0.4, -0.2) is 8.42 Å². The third kappa shape index (κ3) is 5.97. The summed E-state index contributed by atoms with van der Waals surface area (Å²) >= 11 is 6.74. The van der Waals surface area contributed by atoms with E-state index in [1.807, 2.05) is 0 Å². The van der Waals surface area contributed by atoms with Crippen LogP contribution in [0.5, 0.6) is 0 Å². The third-order valence-electron chi connectivity index (χ3n) is 6.79. The van der Waals surface area contributed by atoms with Crippen LogP contribution in [-0.2, 0) is 29.5 Å². The van der Waals surface area contributed by atoms with Gasteiger partial charge >= 0.3 is 0 Å². The van der Waals surface area contributed by atoms with E-state index >= 15 is 8.78 Å². The number of aryl methyl sites for hydroxylation is 1. The first-order chi connectivity index (χ1) is 19.3. The Labute approximate surface area is 259 Å². The van der Waals surface area contributed by atoms with E-state index in [1.54, 1.807) is 93.6 Å². The first-order valence-electron chi connectivity index (χ1n) is 12.5. The Bertz CT molecular complexity index is 1660. The van der Waals surface area contributed by atoms with E-state index in [0.29, 0.717) is 21.0 Å². The minimum absolute atomic E-state index is 0. The number of hydrogen-bond acceptors (Lipinski definition) is 3. The van der Waals surface area contributed by atoms with Gasteiger partial charge in [0.2, 0.25) is 5.82 Å². The number of nitrogens with zero attached hydrogens (tertiary/aromatic N) is 1. The molecule has 0 heterocycles. The van der Waals surface area contributed by atoms with Gasteiger partial charge in [0.25, 0.3) is 10.0 Å². The summed E-state index contributed by atoms with van der Waals surface area (Å²) in [5.74, 6) is -12.7. The molecule has 224 valence electrons. The van der Waals surface area contributed by atoms with Crippen LogP contribution < -0.4 is 10.0 Å². The second-order valence-electron chi connectivity index (χ2n) is 9.78. The first kappa shape index (κ1) is 33.7. The molecule has 0 aliphatic rings. The minimum Gasteiger partial charge on any atom is -0.322 e. The van der Waals surface area contributed by atoms with Crippen LogP contribution in [0.3, 0.4) is 0 Å². The molecule has 0 radical (unpaired) electrons. The zero-order valence-electron chi connectivity index (χ0n) is 22.5. The van der Waals surface area contributed by atoms with Crippen molar-refractivity contribution in [2.45, 2.75) is 43.7 Å². The first-order valence-corrected chi connectivity index (χ1v) is 14.3. The van der Waals surface area contributed by atoms with Crippen molar-refractivity contribution >= 4 is 27.3 Å². The molecule has 12 heteroatoms. The van der Waals surface area contributed by atoms with Crippen molar-refractivity contribution in [3.63, 3.8) is 0 Å². The van der Waals surface area contributed by atoms with Crippen molar-refractivity contribution in [3.05, 3.63) is 129 Å². The van der Waals surface area contributed by atoms with E-state index in [-0.39, 0.29) is 41.7 Å². The van der Waals surface area contributed by atoms with Gasteiger partial charge in [0.05, 0.1) is 22.8 Å². The molecule has 0 aromatic heterocycles. The largest absolute Gasteiger partial charge is 0.322 e. The molecule has 0 fully saturated rings. The molecule has 4 aromatic carbocycles. The van der Waals surface area contributed by atoms with Gasteiger partial charge in [-0.1, -0.05) is 98.2 Å². The van der Waals surface area contributed by atoms with Gasteiger partial charge in [-0.2, -0.15) is 0 Å². The quantitative estimate of drug-likeness (QED) is 0.0871. The maximum absolute atomic E-state index is 15.2. The molecule has 0 saturated carbocycles. The number of anilines is 1. The van der Waals surface area contributed by atoms with E-state index in [9.17, 15) is 21.6 Å². The van der Waals surface area contributed by atoms with E-state index in [2.05, 4.69) is 0 Å². The predicted molar refractivity (Wildman–Crippen MR) is 149 cm³/mol. The number of hydrogen-bond donors (Lipinski definition) is 1. The molecular formula is C30H26ClF5N2O2RuS. The average Bonchev–Trinajstić information content (AvgIpc) is 2.95. The van der Waals surface area contributed by atoms with Crippen LogP contribution in [0.4, 0.5) is 27.6 Å². The van der Waals surface area contributed by atoms with Crippen molar-refractivity contribution in [3.8, 4) is 0 Å². The summed E-state index contributed by atoms with van der Waals surface area (Å²) in [6.07, 6.45) is 0. The van der Waals surface area contributed by atoms with Crippen molar-refractivity contribution in [1.82, 2.24) is 0 Å². The van der Waals surface area contributed by atoms with Crippen molar-refractivity contribution < 1.29 is 49.8 Å². The summed E-state index contributed by atoms with van der Waals surface area (Å²) in [7, 11) is -5.60. The van der Waals surface area contributed by atoms with Gasteiger partial charge in [-0.25, -0.2) is 30.4 Å². The second-order valence-corrected chi connectivity index (χ2v) is 11.9. The standard InChI is InChI=1S/C30H26ClF5N2O2S.Ru/c1-16(2)20-15-14-17(3)21(31)29(20)38(41(39,40)30-25(35)23(33)22(32)24(34)26(30)36)28(19-12-8-5-9-13-19)27(37)18-10-6-4-7-11-18;/h4-16,27-28H,37H2,1-3H3;. The van der Waals surface area contributed by atoms with Crippen molar-refractivity contribution in [2.75, 3.05) is 4.31 Å². The van der Waals surface area contributed by atoms with Crippen molar-refractivity contribution in [1.29, 1.82) is 0 Å². The van der Waals surface area contributed by atoms with Crippen LogP contribution in [0.25, 0.3) is 0 Å². The van der Waals surface area contributed by atoms with Crippen LogP contribution in [0.1, 0.15) is 54.1 Å². The molecule has 2 atom stereocenters. The molecule has 4 nitrogen and oxygen atoms in total. The van der Waals surface area contributed by atoms with Crippen molar-refractivity contribution in [2.24, 2.45) is 5.73 Å². The Morgan fingerprint density at radius 1 is 0.738 bits per heavy atom. The van der Waals surface area contributed by atoms with Gasteiger partial charge in [0, 0.05) is 19.5 Å². The summed E-state index contributed by atoms with van der Waals surface area (Å²) in [5, 5.41) is -0.0927. The Morgan fingerprint density at radius 3 is 1.67 bits per heavy atom. The topological polar surface area (TPSA) is 63.4 Å². The summed E-state index contributed by atoms with van der Waals surface area (Å²) < 4.78 is 103. The fourth-order valence-electron chi connectivity index (χ4n) is 4.68. The SMILES string of the molecule is Cc1ccc(C(C)C)c(N(C(c2ccccc2)C(N)c2ccccc2)S(=O)(=O)c2c(F)c(F)c(F)c(F)c2F)c1Cl.[Ru]. The van der Waals surface area contributed by atoms with E-state index in [1.165, 1.54) is 0 Å². The second kappa shape index (κ2) is 13.2. The number of sulfonamides is 1. The number of rotatable bonds is 8. The minimum atomic E-state index is -5.60. The molecule has 42 heavy (non-hydrogen) atoms. The summed E-state index contributed by atoms with van der Waals surface area (Å²) in [5.41, 5.74) is 7.99. The molecule has 4 aromatic rings. The number of nitrogens with two attached hydrogens (primary N) is 1. The molecule has 0 bridgehead atoms. The Hall–Kier alpha value is -2.85. The van der Waals surface area contributed by atoms with Crippen LogP contribution in [0.15, 0.2) is 77.7 Å². The van der Waals surface area contributed by atoms with Gasteiger partial charge < -0.3 is 5.73 Å². The molecule has 0 amide bonds. The van der Waals surface area contributed by atoms with Gasteiger partial charge in [-0.3, -0.25) is 4.31 Å². The Balaban J connectivity index is 0.00000484. The maximum atomic E-state index is 15.2. The number of benzene rings is 4. The molecule has 2 N–H and O–H groups in total. The smallest absolute Gasteiger partial charge is 0.271 e. The summed E-state index contributed by atoms with van der Waals surface area (Å²) in [6.45, 7) is 5.07. The van der Waals surface area contributed by atoms with E-state index in [4.69, 9.17) is 17.3 Å². The average molecular weight is 710 g/mol. The Kier molecular flexibility index (Phi) is 10.6. The molecule has 0 aliphatic heterocycles. The van der Waals surface area contributed by atoms with Crippen LogP contribution in [0, 0.1) is 36.0 Å². The molecule has 2 unspecified atom stereocenters. The maximum Gasteiger partial charge on any atom is 0.271 e.